The Hall–Kier alpha value is -6.36. The first-order valence-electron chi connectivity index (χ1n) is 21.7. The fraction of sp³-hybridized carbons (Fsp3) is 0.435. The molecule has 1 saturated heterocycles. The zero-order valence-corrected chi connectivity index (χ0v) is 36.0. The molecule has 3 atom stereocenters. The second-order valence-electron chi connectivity index (χ2n) is 16.7. The number of hydrogen-bond acceptors (Lipinski definition) is 13. The third-order valence-corrected chi connectivity index (χ3v) is 13.7. The number of rotatable bonds is 13. The molecule has 2 aliphatic carbocycles. The number of nitrogens with one attached hydrogen (secondary N) is 2. The number of aromatic amines is 1. The van der Waals surface area contributed by atoms with E-state index in [1.165, 1.54) is 17.7 Å². The molecule has 0 unspecified atom stereocenters. The van der Waals surface area contributed by atoms with E-state index in [9.17, 15) is 14.4 Å². The summed E-state index contributed by atoms with van der Waals surface area (Å²) >= 11 is 1.51. The van der Waals surface area contributed by atoms with Gasteiger partial charge in [0.05, 0.1) is 43.7 Å². The minimum absolute atomic E-state index is 0.0307. The van der Waals surface area contributed by atoms with E-state index in [1.54, 1.807) is 30.3 Å². The van der Waals surface area contributed by atoms with E-state index >= 15 is 0 Å². The number of amides is 3. The third-order valence-electron chi connectivity index (χ3n) is 12.8. The van der Waals surface area contributed by atoms with Crippen molar-refractivity contribution < 1.29 is 42.8 Å². The van der Waals surface area contributed by atoms with E-state index in [4.69, 9.17) is 33.5 Å². The Balaban J connectivity index is 0.849. The second-order valence-corrected chi connectivity index (χ2v) is 17.7. The fourth-order valence-electron chi connectivity index (χ4n) is 9.32. The van der Waals surface area contributed by atoms with Gasteiger partial charge >= 0.3 is 6.09 Å². The summed E-state index contributed by atoms with van der Waals surface area (Å²) in [5.41, 5.74) is 3.81. The molecule has 3 aliphatic heterocycles. The molecule has 63 heavy (non-hydrogen) atoms. The van der Waals surface area contributed by atoms with Crippen molar-refractivity contribution in [3.05, 3.63) is 70.8 Å². The van der Waals surface area contributed by atoms with Crippen LogP contribution in [0.15, 0.2) is 65.5 Å². The number of piperidine rings is 1. The molecule has 5 aromatic rings. The van der Waals surface area contributed by atoms with Crippen molar-refractivity contribution >= 4 is 46.0 Å². The summed E-state index contributed by atoms with van der Waals surface area (Å²) in [4.78, 5) is 57.2. The number of carbonyl (C=O) groups is 3. The summed E-state index contributed by atoms with van der Waals surface area (Å²) in [6.07, 6.45) is 9.54. The molecule has 6 heterocycles. The lowest BCUT2D eigenvalue weighted by atomic mass is 9.73. The minimum atomic E-state index is -0.910. The van der Waals surface area contributed by atoms with Gasteiger partial charge in [-0.15, -0.1) is 11.3 Å². The smallest absolute Gasteiger partial charge is 0.413 e. The summed E-state index contributed by atoms with van der Waals surface area (Å²) in [5.74, 6) is 3.34. The average molecular weight is 876 g/mol. The van der Waals surface area contributed by atoms with Gasteiger partial charge in [-0.1, -0.05) is 18.9 Å². The predicted octanol–water partition coefficient (Wildman–Crippen LogP) is 6.96. The molecule has 0 bridgehead atoms. The highest BCUT2D eigenvalue weighted by Gasteiger charge is 2.44. The van der Waals surface area contributed by atoms with Crippen molar-refractivity contribution in [3.63, 3.8) is 0 Å². The molecule has 3 amide bonds. The number of hydrazone groups is 1. The molecule has 3 fully saturated rings. The van der Waals surface area contributed by atoms with Gasteiger partial charge in [-0.05, 0) is 86.2 Å². The van der Waals surface area contributed by atoms with Crippen molar-refractivity contribution in [1.29, 1.82) is 0 Å². The Bertz CT molecular complexity index is 2550. The lowest BCUT2D eigenvalue weighted by Gasteiger charge is -2.43. The van der Waals surface area contributed by atoms with Crippen LogP contribution in [0.2, 0.25) is 0 Å². The SMILES string of the molecule is COc1ccc(C2=NN(C3CCN(C(=O)[C@H](Cc4cccs4)NC(=O)Oc4c[nH]c5c(-c6c(OCC7CC7)ccc7c6OCO7)ncnc45)CC3)C(=O)[C@@H]3CCCC[C@H]23)cc1OC. The molecular formula is C46H49N7O9S. The molecule has 5 aliphatic rings. The fourth-order valence-corrected chi connectivity index (χ4v) is 10.1. The van der Waals surface area contributed by atoms with Gasteiger partial charge < -0.3 is 43.6 Å². The first-order valence-corrected chi connectivity index (χ1v) is 22.6. The van der Waals surface area contributed by atoms with E-state index in [-0.39, 0.29) is 48.7 Å². The number of thiophene rings is 1. The topological polar surface area (TPSA) is 179 Å². The van der Waals surface area contributed by atoms with E-state index in [2.05, 4.69) is 20.3 Å². The van der Waals surface area contributed by atoms with Gasteiger partial charge in [0.25, 0.3) is 0 Å². The molecule has 2 N–H and O–H groups in total. The highest BCUT2D eigenvalue weighted by Crippen LogP contribution is 2.49. The summed E-state index contributed by atoms with van der Waals surface area (Å²) in [7, 11) is 3.22. The van der Waals surface area contributed by atoms with Crippen LogP contribution in [0.1, 0.15) is 61.8 Å². The molecule has 2 saturated carbocycles. The molecule has 0 spiro atoms. The summed E-state index contributed by atoms with van der Waals surface area (Å²) in [6.45, 7) is 1.44. The van der Waals surface area contributed by atoms with Crippen molar-refractivity contribution in [3.8, 4) is 45.8 Å². The molecule has 328 valence electrons. The number of ether oxygens (including phenoxy) is 6. The van der Waals surface area contributed by atoms with E-state index in [0.29, 0.717) is 89.5 Å². The minimum Gasteiger partial charge on any atom is -0.493 e. The molecule has 2 aromatic carbocycles. The molecule has 0 radical (unpaired) electrons. The number of fused-ring (bicyclic) bond motifs is 3. The zero-order valence-electron chi connectivity index (χ0n) is 35.2. The highest BCUT2D eigenvalue weighted by atomic mass is 32.1. The number of hydrogen-bond donors (Lipinski definition) is 2. The van der Waals surface area contributed by atoms with Gasteiger partial charge in [-0.3, -0.25) is 9.59 Å². The van der Waals surface area contributed by atoms with Crippen molar-refractivity contribution in [2.75, 3.05) is 40.7 Å². The number of likely N-dealkylation sites (tertiary alicyclic amines) is 1. The second kappa shape index (κ2) is 17.4. The quantitative estimate of drug-likeness (QED) is 0.125. The van der Waals surface area contributed by atoms with Gasteiger partial charge in [-0.2, -0.15) is 5.10 Å². The zero-order chi connectivity index (χ0) is 43.0. The molecular weight excluding hydrogens is 827 g/mol. The van der Waals surface area contributed by atoms with Crippen LogP contribution < -0.4 is 33.7 Å². The van der Waals surface area contributed by atoms with Gasteiger partial charge in [0.2, 0.25) is 18.6 Å². The summed E-state index contributed by atoms with van der Waals surface area (Å²) < 4.78 is 34.8. The summed E-state index contributed by atoms with van der Waals surface area (Å²) in [5, 5.41) is 11.6. The monoisotopic (exact) mass is 875 g/mol. The van der Waals surface area contributed by atoms with Gasteiger partial charge in [0.1, 0.15) is 29.3 Å². The maximum atomic E-state index is 14.4. The summed E-state index contributed by atoms with van der Waals surface area (Å²) in [6, 6.07) is 12.2. The van der Waals surface area contributed by atoms with Crippen LogP contribution >= 0.6 is 11.3 Å². The van der Waals surface area contributed by atoms with Crippen LogP contribution in [0.5, 0.6) is 34.5 Å². The number of carbonyl (C=O) groups excluding carboxylic acids is 3. The van der Waals surface area contributed by atoms with Gasteiger partial charge in [-0.25, -0.2) is 19.8 Å². The lowest BCUT2D eigenvalue weighted by Crippen LogP contribution is -2.56. The van der Waals surface area contributed by atoms with Crippen LogP contribution in [0.3, 0.4) is 0 Å². The maximum Gasteiger partial charge on any atom is 0.413 e. The van der Waals surface area contributed by atoms with Crippen LogP contribution in [-0.2, 0) is 16.0 Å². The first-order chi connectivity index (χ1) is 30.9. The Morgan fingerprint density at radius 3 is 2.52 bits per heavy atom. The Kier molecular flexibility index (Phi) is 11.3. The lowest BCUT2D eigenvalue weighted by molar-refractivity contribution is -0.143. The molecule has 10 rings (SSSR count). The number of aromatic nitrogens is 3. The highest BCUT2D eigenvalue weighted by molar-refractivity contribution is 7.09. The van der Waals surface area contributed by atoms with Crippen molar-refractivity contribution in [1.82, 2.24) is 30.2 Å². The molecule has 16 nitrogen and oxygen atoms in total. The normalized spacial score (nSPS) is 20.2. The van der Waals surface area contributed by atoms with Gasteiger partial charge in [0, 0.05) is 48.0 Å². The van der Waals surface area contributed by atoms with E-state index in [1.807, 2.05) is 47.8 Å². The van der Waals surface area contributed by atoms with Crippen LogP contribution in [-0.4, -0.2) is 101 Å². The first kappa shape index (κ1) is 40.7. The van der Waals surface area contributed by atoms with Crippen molar-refractivity contribution in [2.24, 2.45) is 22.9 Å². The molecule has 3 aromatic heterocycles. The number of methoxy groups -OCH3 is 2. The number of nitrogens with zero attached hydrogens (tertiary/aromatic N) is 5. The average Bonchev–Trinajstić information content (AvgIpc) is 3.60. The van der Waals surface area contributed by atoms with Crippen molar-refractivity contribution in [2.45, 2.75) is 69.9 Å². The largest absolute Gasteiger partial charge is 0.493 e. The Labute approximate surface area is 367 Å². The van der Waals surface area contributed by atoms with Crippen LogP contribution in [0.4, 0.5) is 4.79 Å². The van der Waals surface area contributed by atoms with E-state index < -0.39 is 12.1 Å². The predicted molar refractivity (Wildman–Crippen MR) is 233 cm³/mol. The standard InChI is InChI=1S/C46H49N7O9S/c1-57-33-12-11-27(20-36(33)58-2)39-30-7-3-4-8-31(30)44(54)53(51-39)28-15-17-52(18-16-28)45(55)32(21-29-6-5-19-63-29)50-46(56)62-37-22-47-42-40(37)48-24-49-41(42)38-34(59-23-26-9-10-26)13-14-35-43(38)61-25-60-35/h5-6,11-14,19-20,22,24,26,28,30-32,47H,3-4,7-10,15-18,21,23,25H2,1-2H3,(H,50,56)/t30-,31+,32-/m0/s1. The molecule has 17 heteroatoms. The van der Waals surface area contributed by atoms with Crippen LogP contribution in [0, 0.1) is 17.8 Å². The van der Waals surface area contributed by atoms with Crippen LogP contribution in [0.25, 0.3) is 22.3 Å². The third kappa shape index (κ3) is 8.09. The number of H-pyrrole nitrogens is 1. The Morgan fingerprint density at radius 1 is 0.937 bits per heavy atom. The van der Waals surface area contributed by atoms with Gasteiger partial charge in [0.15, 0.2) is 28.7 Å². The maximum absolute atomic E-state index is 14.4. The Morgan fingerprint density at radius 2 is 1.75 bits per heavy atom. The number of benzene rings is 2. The van der Waals surface area contributed by atoms with E-state index in [0.717, 1.165) is 54.7 Å².